The maximum absolute atomic E-state index is 12.2. The van der Waals surface area contributed by atoms with Gasteiger partial charge in [-0.3, -0.25) is 9.59 Å². The Balaban J connectivity index is 1.89. The lowest BCUT2D eigenvalue weighted by molar-refractivity contribution is -0.152. The average Bonchev–Trinajstić information content (AvgIpc) is 2.42. The molecule has 2 unspecified atom stereocenters. The summed E-state index contributed by atoms with van der Waals surface area (Å²) in [7, 11) is 0. The Labute approximate surface area is 125 Å². The van der Waals surface area contributed by atoms with Crippen LogP contribution >= 0.6 is 11.8 Å². The summed E-state index contributed by atoms with van der Waals surface area (Å²) in [6.45, 7) is 1.77. The Morgan fingerprint density at radius 1 is 1.25 bits per heavy atom. The zero-order valence-corrected chi connectivity index (χ0v) is 13.0. The van der Waals surface area contributed by atoms with Crippen molar-refractivity contribution in [2.24, 2.45) is 11.3 Å². The summed E-state index contributed by atoms with van der Waals surface area (Å²) in [4.78, 5) is 23.7. The molecule has 2 aliphatic rings. The van der Waals surface area contributed by atoms with Crippen molar-refractivity contribution < 1.29 is 14.7 Å². The molecule has 2 rings (SSSR count). The van der Waals surface area contributed by atoms with Crippen molar-refractivity contribution in [3.63, 3.8) is 0 Å². The largest absolute Gasteiger partial charge is 0.481 e. The number of carbonyl (C=O) groups is 2. The van der Waals surface area contributed by atoms with Crippen molar-refractivity contribution in [1.82, 2.24) is 5.32 Å². The summed E-state index contributed by atoms with van der Waals surface area (Å²) >= 11 is 1.96. The highest BCUT2D eigenvalue weighted by atomic mass is 32.2. The van der Waals surface area contributed by atoms with Crippen LogP contribution in [0.2, 0.25) is 0 Å². The van der Waals surface area contributed by atoms with Gasteiger partial charge in [0, 0.05) is 12.5 Å². The molecular formula is C15H25NO3S. The fourth-order valence-corrected chi connectivity index (χ4v) is 4.49. The second-order valence-electron chi connectivity index (χ2n) is 6.35. The highest BCUT2D eigenvalue weighted by Crippen LogP contribution is 2.36. The first-order chi connectivity index (χ1) is 9.52. The molecule has 0 radical (unpaired) electrons. The first-order valence-electron chi connectivity index (χ1n) is 7.63. The van der Waals surface area contributed by atoms with Crippen LogP contribution in [0, 0.1) is 11.3 Å². The molecule has 1 aliphatic carbocycles. The lowest BCUT2D eigenvalue weighted by Crippen LogP contribution is -2.52. The summed E-state index contributed by atoms with van der Waals surface area (Å²) in [5.74, 6) is 2.04. The van der Waals surface area contributed by atoms with Crippen LogP contribution in [0.3, 0.4) is 0 Å². The first-order valence-corrected chi connectivity index (χ1v) is 8.78. The number of carbonyl (C=O) groups excluding carboxylic acids is 1. The van der Waals surface area contributed by atoms with Crippen molar-refractivity contribution in [1.29, 1.82) is 0 Å². The highest BCUT2D eigenvalue weighted by Gasteiger charge is 2.43. The number of hydrogen-bond acceptors (Lipinski definition) is 3. The molecule has 20 heavy (non-hydrogen) atoms. The van der Waals surface area contributed by atoms with Crippen LogP contribution in [0.25, 0.3) is 0 Å². The highest BCUT2D eigenvalue weighted by molar-refractivity contribution is 7.99. The molecule has 5 heteroatoms. The average molecular weight is 299 g/mol. The molecular weight excluding hydrogens is 274 g/mol. The molecule has 0 spiro atoms. The summed E-state index contributed by atoms with van der Waals surface area (Å²) in [6, 6.07) is -0.209. The van der Waals surface area contributed by atoms with Gasteiger partial charge < -0.3 is 10.4 Å². The van der Waals surface area contributed by atoms with Crippen LogP contribution in [0.15, 0.2) is 0 Å². The minimum Gasteiger partial charge on any atom is -0.481 e. The Bertz CT molecular complexity index is 368. The van der Waals surface area contributed by atoms with Gasteiger partial charge in [-0.25, -0.2) is 0 Å². The molecule has 114 valence electrons. The second kappa shape index (κ2) is 6.83. The SMILES string of the molecule is CC1(C(=O)O)CCCCC1NC(=O)CC1CCSCC1. The van der Waals surface area contributed by atoms with Crippen LogP contribution in [-0.2, 0) is 9.59 Å². The van der Waals surface area contributed by atoms with Crippen LogP contribution in [0.4, 0.5) is 0 Å². The molecule has 0 bridgehead atoms. The van der Waals surface area contributed by atoms with E-state index in [1.54, 1.807) is 6.92 Å². The topological polar surface area (TPSA) is 66.4 Å². The number of hydrogen-bond donors (Lipinski definition) is 2. The molecule has 1 heterocycles. The van der Waals surface area contributed by atoms with Gasteiger partial charge in [0.15, 0.2) is 0 Å². The van der Waals surface area contributed by atoms with Crippen molar-refractivity contribution in [3.8, 4) is 0 Å². The number of nitrogens with one attached hydrogen (secondary N) is 1. The van der Waals surface area contributed by atoms with Crippen molar-refractivity contribution in [2.45, 2.75) is 57.9 Å². The summed E-state index contributed by atoms with van der Waals surface area (Å²) in [5, 5.41) is 12.5. The fraction of sp³-hybridized carbons (Fsp3) is 0.867. The van der Waals surface area contributed by atoms with Crippen LogP contribution in [0.1, 0.15) is 51.9 Å². The molecule has 0 aromatic heterocycles. The summed E-state index contributed by atoms with van der Waals surface area (Å²) in [5.41, 5.74) is -0.795. The standard InChI is InChI=1S/C15H25NO3S/c1-15(14(18)19)7-3-2-4-12(15)16-13(17)10-11-5-8-20-9-6-11/h11-12H,2-10H2,1H3,(H,16,17)(H,18,19). The molecule has 2 fully saturated rings. The van der Waals surface area contributed by atoms with E-state index in [9.17, 15) is 14.7 Å². The molecule has 2 atom stereocenters. The number of amides is 1. The number of carboxylic acids is 1. The third-order valence-corrected chi connectivity index (χ3v) is 5.90. The molecule has 1 saturated carbocycles. The van der Waals surface area contributed by atoms with Crippen molar-refractivity contribution in [2.75, 3.05) is 11.5 Å². The number of aliphatic carboxylic acids is 1. The van der Waals surface area contributed by atoms with E-state index in [0.29, 0.717) is 18.8 Å². The van der Waals surface area contributed by atoms with Crippen molar-refractivity contribution >= 4 is 23.6 Å². The Morgan fingerprint density at radius 2 is 1.95 bits per heavy atom. The normalized spacial score (nSPS) is 31.8. The Hall–Kier alpha value is -0.710. The third-order valence-electron chi connectivity index (χ3n) is 4.85. The third kappa shape index (κ3) is 3.68. The van der Waals surface area contributed by atoms with Gasteiger partial charge in [0.2, 0.25) is 5.91 Å². The first kappa shape index (κ1) is 15.7. The van der Waals surface area contributed by atoms with Gasteiger partial charge in [0.25, 0.3) is 0 Å². The second-order valence-corrected chi connectivity index (χ2v) is 7.57. The minimum absolute atomic E-state index is 0.0428. The van der Waals surface area contributed by atoms with Gasteiger partial charge in [-0.15, -0.1) is 0 Å². The molecule has 1 saturated heterocycles. The molecule has 2 N–H and O–H groups in total. The monoisotopic (exact) mass is 299 g/mol. The van der Waals surface area contributed by atoms with E-state index < -0.39 is 11.4 Å². The van der Waals surface area contributed by atoms with Gasteiger partial charge in [0.05, 0.1) is 5.41 Å². The van der Waals surface area contributed by atoms with Crippen LogP contribution < -0.4 is 5.32 Å². The van der Waals surface area contributed by atoms with E-state index in [1.165, 1.54) is 0 Å². The van der Waals surface area contributed by atoms with E-state index >= 15 is 0 Å². The summed E-state index contributed by atoms with van der Waals surface area (Å²) < 4.78 is 0. The molecule has 1 aliphatic heterocycles. The number of thioether (sulfide) groups is 1. The maximum atomic E-state index is 12.2. The zero-order chi connectivity index (χ0) is 14.6. The number of rotatable bonds is 4. The van der Waals surface area contributed by atoms with E-state index in [4.69, 9.17) is 0 Å². The van der Waals surface area contributed by atoms with Crippen molar-refractivity contribution in [3.05, 3.63) is 0 Å². The van der Waals surface area contributed by atoms with Gasteiger partial charge in [0.1, 0.15) is 0 Å². The van der Waals surface area contributed by atoms with Gasteiger partial charge in [-0.2, -0.15) is 11.8 Å². The lowest BCUT2D eigenvalue weighted by atomic mass is 9.71. The molecule has 4 nitrogen and oxygen atoms in total. The predicted octanol–water partition coefficient (Wildman–Crippen LogP) is 2.67. The zero-order valence-electron chi connectivity index (χ0n) is 12.2. The Kier molecular flexibility index (Phi) is 5.35. The van der Waals surface area contributed by atoms with Crippen LogP contribution in [-0.4, -0.2) is 34.5 Å². The fourth-order valence-electron chi connectivity index (χ4n) is 3.29. The minimum atomic E-state index is -0.795. The maximum Gasteiger partial charge on any atom is 0.311 e. The Morgan fingerprint density at radius 3 is 2.60 bits per heavy atom. The lowest BCUT2D eigenvalue weighted by Gasteiger charge is -2.38. The summed E-state index contributed by atoms with van der Waals surface area (Å²) in [6.07, 6.45) is 6.18. The van der Waals surface area contributed by atoms with Crippen LogP contribution in [0.5, 0.6) is 0 Å². The van der Waals surface area contributed by atoms with E-state index in [0.717, 1.165) is 43.6 Å². The van der Waals surface area contributed by atoms with Gasteiger partial charge >= 0.3 is 5.97 Å². The predicted molar refractivity (Wildman–Crippen MR) is 80.8 cm³/mol. The van der Waals surface area contributed by atoms with E-state index in [-0.39, 0.29) is 11.9 Å². The quantitative estimate of drug-likeness (QED) is 0.837. The molecule has 0 aromatic carbocycles. The van der Waals surface area contributed by atoms with Gasteiger partial charge in [-0.05, 0) is 50.0 Å². The molecule has 1 amide bonds. The van der Waals surface area contributed by atoms with E-state index in [1.807, 2.05) is 11.8 Å². The number of carboxylic acid groups (broad SMARTS) is 1. The smallest absolute Gasteiger partial charge is 0.311 e. The van der Waals surface area contributed by atoms with Gasteiger partial charge in [-0.1, -0.05) is 12.8 Å². The van der Waals surface area contributed by atoms with E-state index in [2.05, 4.69) is 5.32 Å². The molecule has 0 aromatic rings.